The lowest BCUT2D eigenvalue weighted by atomic mass is 9.95. The molecule has 1 aromatic carbocycles. The Hall–Kier alpha value is -1.02. The highest BCUT2D eigenvalue weighted by molar-refractivity contribution is 5.30. The van der Waals surface area contributed by atoms with Crippen LogP contribution in [0.3, 0.4) is 0 Å². The maximum Gasteiger partial charge on any atom is -0.00484 e. The summed E-state index contributed by atoms with van der Waals surface area (Å²) in [5, 5.41) is 10.7. The van der Waals surface area contributed by atoms with Crippen molar-refractivity contribution in [1.82, 2.24) is 16.0 Å². The Bertz CT molecular complexity index is 580. The Balaban J connectivity index is 2.35. The molecule has 0 atom stereocenters. The molecule has 0 aliphatic carbocycles. The van der Waals surface area contributed by atoms with Crippen LogP contribution in [0.1, 0.15) is 132 Å². The van der Waals surface area contributed by atoms with Crippen molar-refractivity contribution in [3.05, 3.63) is 34.9 Å². The SMILES string of the molecule is NCCCCNCCCCCCc1cc(CCCCCCNCCCCN)cc(CCCCCCNCCCCN)c1. The fourth-order valence-electron chi connectivity index (χ4n) is 5.63. The molecule has 6 nitrogen and oxygen atoms in total. The number of benzene rings is 1. The molecule has 0 fully saturated rings. The first-order chi connectivity index (χ1) is 20.8. The van der Waals surface area contributed by atoms with Crippen LogP contribution in [0.4, 0.5) is 0 Å². The fraction of sp³-hybridized carbons (Fsp3) is 0.833. The van der Waals surface area contributed by atoms with E-state index in [0.717, 1.165) is 78.2 Å². The van der Waals surface area contributed by atoms with Crippen molar-refractivity contribution in [3.63, 3.8) is 0 Å². The summed E-state index contributed by atoms with van der Waals surface area (Å²) in [7, 11) is 0. The Morgan fingerprint density at radius 3 is 0.810 bits per heavy atom. The Morgan fingerprint density at radius 1 is 0.310 bits per heavy atom. The van der Waals surface area contributed by atoms with Crippen LogP contribution in [0, 0.1) is 0 Å². The van der Waals surface area contributed by atoms with Crippen LogP contribution in [0.2, 0.25) is 0 Å². The van der Waals surface area contributed by atoms with Gasteiger partial charge in [-0.25, -0.2) is 0 Å². The molecule has 246 valence electrons. The van der Waals surface area contributed by atoms with Gasteiger partial charge < -0.3 is 33.2 Å². The molecule has 0 spiro atoms. The van der Waals surface area contributed by atoms with Gasteiger partial charge in [-0.1, -0.05) is 56.7 Å². The average molecular weight is 589 g/mol. The van der Waals surface area contributed by atoms with Gasteiger partial charge in [-0.2, -0.15) is 0 Å². The molecule has 0 saturated heterocycles. The van der Waals surface area contributed by atoms with E-state index in [4.69, 9.17) is 17.2 Å². The first kappa shape index (κ1) is 39.0. The van der Waals surface area contributed by atoms with E-state index in [1.165, 1.54) is 116 Å². The van der Waals surface area contributed by atoms with Crippen molar-refractivity contribution >= 4 is 0 Å². The molecular formula is C36H72N6. The number of hydrogen-bond donors (Lipinski definition) is 6. The van der Waals surface area contributed by atoms with Gasteiger partial charge in [-0.3, -0.25) is 0 Å². The summed E-state index contributed by atoms with van der Waals surface area (Å²) in [6.07, 6.45) is 26.5. The van der Waals surface area contributed by atoms with E-state index < -0.39 is 0 Å². The van der Waals surface area contributed by atoms with E-state index in [1.807, 2.05) is 0 Å². The molecule has 1 aromatic rings. The lowest BCUT2D eigenvalue weighted by molar-refractivity contribution is 0.568. The molecule has 0 unspecified atom stereocenters. The lowest BCUT2D eigenvalue weighted by Crippen LogP contribution is -2.17. The number of aryl methyl sites for hydroxylation is 3. The van der Waals surface area contributed by atoms with Gasteiger partial charge in [0.2, 0.25) is 0 Å². The molecule has 0 aliphatic heterocycles. The van der Waals surface area contributed by atoms with Gasteiger partial charge in [0, 0.05) is 0 Å². The molecule has 6 heteroatoms. The molecule has 1 rings (SSSR count). The average Bonchev–Trinajstić information content (AvgIpc) is 3.00. The number of nitrogens with two attached hydrogens (primary N) is 3. The third-order valence-corrected chi connectivity index (χ3v) is 8.24. The van der Waals surface area contributed by atoms with E-state index in [2.05, 4.69) is 34.1 Å². The topological polar surface area (TPSA) is 114 Å². The quantitative estimate of drug-likeness (QED) is 0.0563. The molecule has 0 aromatic heterocycles. The summed E-state index contributed by atoms with van der Waals surface area (Å²) >= 11 is 0. The van der Waals surface area contributed by atoms with Gasteiger partial charge in [0.1, 0.15) is 0 Å². The van der Waals surface area contributed by atoms with E-state index in [-0.39, 0.29) is 0 Å². The van der Waals surface area contributed by atoms with Crippen molar-refractivity contribution in [2.24, 2.45) is 17.2 Å². The predicted octanol–water partition coefficient (Wildman–Crippen LogP) is 5.98. The summed E-state index contributed by atoms with van der Waals surface area (Å²) in [6.45, 7) is 9.24. The van der Waals surface area contributed by atoms with Crippen molar-refractivity contribution in [2.75, 3.05) is 58.9 Å². The fourth-order valence-corrected chi connectivity index (χ4v) is 5.63. The van der Waals surface area contributed by atoms with E-state index in [9.17, 15) is 0 Å². The first-order valence-corrected chi connectivity index (χ1v) is 18.1. The molecular weight excluding hydrogens is 516 g/mol. The molecule has 0 bridgehead atoms. The van der Waals surface area contributed by atoms with E-state index >= 15 is 0 Å². The molecule has 0 radical (unpaired) electrons. The standard InChI is InChI=1S/C36H72N6/c37-22-10-16-28-40-25-13-4-1-7-19-34-31-35(20-8-2-5-14-26-41-29-17-11-23-38)33-36(32-34)21-9-3-6-15-27-42-30-18-12-24-39/h31-33,40-42H,1-30,37-39H2. The van der Waals surface area contributed by atoms with Crippen LogP contribution < -0.4 is 33.2 Å². The van der Waals surface area contributed by atoms with Crippen LogP contribution in [-0.2, 0) is 19.3 Å². The second kappa shape index (κ2) is 31.4. The largest absolute Gasteiger partial charge is 0.330 e. The summed E-state index contributed by atoms with van der Waals surface area (Å²) in [5.74, 6) is 0. The first-order valence-electron chi connectivity index (χ1n) is 18.1. The van der Waals surface area contributed by atoms with Crippen molar-refractivity contribution in [2.45, 2.75) is 135 Å². The normalized spacial score (nSPS) is 11.5. The van der Waals surface area contributed by atoms with Gasteiger partial charge in [0.25, 0.3) is 0 Å². The van der Waals surface area contributed by atoms with Gasteiger partial charge in [0.05, 0.1) is 0 Å². The number of unbranched alkanes of at least 4 members (excludes halogenated alkanes) is 12. The number of rotatable bonds is 33. The van der Waals surface area contributed by atoms with Gasteiger partial charge in [0.15, 0.2) is 0 Å². The molecule has 0 saturated carbocycles. The number of hydrogen-bond acceptors (Lipinski definition) is 6. The molecule has 9 N–H and O–H groups in total. The Morgan fingerprint density at radius 2 is 0.548 bits per heavy atom. The van der Waals surface area contributed by atoms with Crippen molar-refractivity contribution < 1.29 is 0 Å². The molecule has 42 heavy (non-hydrogen) atoms. The summed E-state index contributed by atoms with van der Waals surface area (Å²) in [4.78, 5) is 0. The molecule has 0 heterocycles. The van der Waals surface area contributed by atoms with Crippen LogP contribution >= 0.6 is 0 Å². The van der Waals surface area contributed by atoms with Crippen molar-refractivity contribution in [3.8, 4) is 0 Å². The zero-order valence-corrected chi connectivity index (χ0v) is 27.7. The van der Waals surface area contributed by atoms with E-state index in [1.54, 1.807) is 16.7 Å². The maximum absolute atomic E-state index is 5.58. The van der Waals surface area contributed by atoms with Gasteiger partial charge >= 0.3 is 0 Å². The monoisotopic (exact) mass is 589 g/mol. The Kier molecular flexibility index (Phi) is 29.2. The van der Waals surface area contributed by atoms with Crippen LogP contribution in [0.25, 0.3) is 0 Å². The molecule has 0 aliphatic rings. The summed E-state index contributed by atoms with van der Waals surface area (Å²) in [6, 6.07) is 7.58. The zero-order valence-electron chi connectivity index (χ0n) is 27.7. The maximum atomic E-state index is 5.58. The minimum absolute atomic E-state index is 0.812. The highest BCUT2D eigenvalue weighted by atomic mass is 14.8. The van der Waals surface area contributed by atoms with Crippen LogP contribution in [0.15, 0.2) is 18.2 Å². The minimum Gasteiger partial charge on any atom is -0.330 e. The molecule has 0 amide bonds. The number of nitrogens with one attached hydrogen (secondary N) is 3. The lowest BCUT2D eigenvalue weighted by Gasteiger charge is -2.11. The van der Waals surface area contributed by atoms with Gasteiger partial charge in [-0.05, 0) is 172 Å². The minimum atomic E-state index is 0.812. The van der Waals surface area contributed by atoms with Gasteiger partial charge in [-0.15, -0.1) is 0 Å². The predicted molar refractivity (Wildman–Crippen MR) is 186 cm³/mol. The van der Waals surface area contributed by atoms with Crippen LogP contribution in [0.5, 0.6) is 0 Å². The second-order valence-corrected chi connectivity index (χ2v) is 12.4. The zero-order chi connectivity index (χ0) is 30.2. The summed E-state index contributed by atoms with van der Waals surface area (Å²) in [5.41, 5.74) is 21.5. The summed E-state index contributed by atoms with van der Waals surface area (Å²) < 4.78 is 0. The smallest absolute Gasteiger partial charge is 0.00484 e. The van der Waals surface area contributed by atoms with Crippen LogP contribution in [-0.4, -0.2) is 58.9 Å². The third kappa shape index (κ3) is 25.5. The third-order valence-electron chi connectivity index (χ3n) is 8.24. The Labute approximate surface area is 261 Å². The second-order valence-electron chi connectivity index (χ2n) is 12.4. The highest BCUT2D eigenvalue weighted by Crippen LogP contribution is 2.19. The van der Waals surface area contributed by atoms with Crippen molar-refractivity contribution in [1.29, 1.82) is 0 Å². The highest BCUT2D eigenvalue weighted by Gasteiger charge is 2.04. The van der Waals surface area contributed by atoms with E-state index in [0.29, 0.717) is 0 Å².